The summed E-state index contributed by atoms with van der Waals surface area (Å²) in [5.41, 5.74) is 2.26. The van der Waals surface area contributed by atoms with Gasteiger partial charge in [0.15, 0.2) is 0 Å². The first-order valence-electron chi connectivity index (χ1n) is 7.54. The fraction of sp³-hybridized carbons (Fsp3) is 0.176. The monoisotopic (exact) mass is 360 g/mol. The molecule has 2 N–H and O–H groups in total. The molecule has 4 rings (SSSR count). The van der Waals surface area contributed by atoms with Gasteiger partial charge in [0.25, 0.3) is 5.56 Å². The summed E-state index contributed by atoms with van der Waals surface area (Å²) in [7, 11) is 3.12. The van der Waals surface area contributed by atoms with Gasteiger partial charge in [-0.1, -0.05) is 11.6 Å². The number of rotatable bonds is 3. The fourth-order valence-electron chi connectivity index (χ4n) is 3.03. The van der Waals surface area contributed by atoms with Gasteiger partial charge >= 0.3 is 0 Å². The molecular weight excluding hydrogens is 347 g/mol. The summed E-state index contributed by atoms with van der Waals surface area (Å²) in [5, 5.41) is 4.04. The quantitative estimate of drug-likeness (QED) is 0.588. The van der Waals surface area contributed by atoms with Crippen molar-refractivity contribution in [2.24, 2.45) is 7.05 Å². The Labute approximate surface area is 146 Å². The molecular formula is C17H14ClFN4O2. The largest absolute Gasteiger partial charge is 0.380 e. The zero-order valence-corrected chi connectivity index (χ0v) is 14.2. The molecule has 4 aromatic rings. The van der Waals surface area contributed by atoms with Gasteiger partial charge in [-0.05, 0) is 18.2 Å². The molecule has 3 heterocycles. The van der Waals surface area contributed by atoms with Crippen LogP contribution in [0.15, 0.2) is 29.2 Å². The van der Waals surface area contributed by atoms with Gasteiger partial charge in [0.05, 0.1) is 12.1 Å². The average molecular weight is 361 g/mol. The van der Waals surface area contributed by atoms with Crippen molar-refractivity contribution >= 4 is 33.5 Å². The average Bonchev–Trinajstić information content (AvgIpc) is 3.05. The zero-order chi connectivity index (χ0) is 17.7. The van der Waals surface area contributed by atoms with E-state index in [1.165, 1.54) is 4.68 Å². The summed E-state index contributed by atoms with van der Waals surface area (Å²) in [4.78, 5) is 19.4. The Balaban J connectivity index is 1.97. The molecule has 0 spiro atoms. The molecule has 0 bridgehead atoms. The van der Waals surface area contributed by atoms with E-state index in [1.807, 2.05) is 0 Å². The summed E-state index contributed by atoms with van der Waals surface area (Å²) < 4.78 is 21.4. The van der Waals surface area contributed by atoms with Crippen LogP contribution in [0.2, 0.25) is 5.15 Å². The topological polar surface area (TPSA) is 75.7 Å². The Kier molecular flexibility index (Phi) is 3.63. The van der Waals surface area contributed by atoms with Gasteiger partial charge in [-0.3, -0.25) is 14.6 Å². The van der Waals surface area contributed by atoms with Crippen molar-refractivity contribution in [2.75, 3.05) is 7.11 Å². The van der Waals surface area contributed by atoms with E-state index < -0.39 is 11.4 Å². The van der Waals surface area contributed by atoms with Gasteiger partial charge in [-0.2, -0.15) is 0 Å². The molecule has 1 aromatic carbocycles. The van der Waals surface area contributed by atoms with Crippen molar-refractivity contribution in [3.8, 4) is 11.1 Å². The molecule has 6 nitrogen and oxygen atoms in total. The molecule has 0 aliphatic heterocycles. The third-order valence-electron chi connectivity index (χ3n) is 4.25. The highest BCUT2D eigenvalue weighted by molar-refractivity contribution is 6.31. The number of benzene rings is 1. The predicted octanol–water partition coefficient (Wildman–Crippen LogP) is 3.35. The van der Waals surface area contributed by atoms with E-state index in [-0.39, 0.29) is 5.39 Å². The number of methoxy groups -OCH3 is 1. The van der Waals surface area contributed by atoms with Gasteiger partial charge in [-0.15, -0.1) is 0 Å². The van der Waals surface area contributed by atoms with Crippen molar-refractivity contribution in [1.29, 1.82) is 0 Å². The van der Waals surface area contributed by atoms with Crippen LogP contribution in [-0.4, -0.2) is 26.9 Å². The first-order valence-corrected chi connectivity index (χ1v) is 7.91. The molecule has 0 amide bonds. The molecule has 0 unspecified atom stereocenters. The number of halogens is 2. The molecule has 0 radical (unpaired) electrons. The lowest BCUT2D eigenvalue weighted by Gasteiger charge is -2.05. The highest BCUT2D eigenvalue weighted by Gasteiger charge is 2.17. The van der Waals surface area contributed by atoms with Crippen molar-refractivity contribution < 1.29 is 9.13 Å². The van der Waals surface area contributed by atoms with Gasteiger partial charge in [-0.25, -0.2) is 9.37 Å². The van der Waals surface area contributed by atoms with Gasteiger partial charge < -0.3 is 9.72 Å². The summed E-state index contributed by atoms with van der Waals surface area (Å²) in [5.74, 6) is -0.574. The summed E-state index contributed by atoms with van der Waals surface area (Å²) in [6.45, 7) is 0.309. The number of fused-ring (bicyclic) bond motifs is 2. The van der Waals surface area contributed by atoms with Crippen LogP contribution in [0, 0.1) is 5.82 Å². The fourth-order valence-corrected chi connectivity index (χ4v) is 3.27. The standard InChI is InChI=1S/C17H14ClFN4O2/c1-23-17(24)13-12(22-23)4-3-9(14(13)19)8-5-10-11(7-25-2)15(18)21-16(10)20-6-8/h3-6,22H,7H2,1-2H3,(H,20,21). The lowest BCUT2D eigenvalue weighted by atomic mass is 10.0. The minimum absolute atomic E-state index is 0.0318. The van der Waals surface area contributed by atoms with E-state index in [1.54, 1.807) is 38.6 Å². The van der Waals surface area contributed by atoms with E-state index >= 15 is 0 Å². The maximum Gasteiger partial charge on any atom is 0.277 e. The number of nitrogens with zero attached hydrogens (tertiary/aromatic N) is 2. The second kappa shape index (κ2) is 5.72. The van der Waals surface area contributed by atoms with E-state index in [0.717, 1.165) is 10.9 Å². The number of H-pyrrole nitrogens is 2. The Hall–Kier alpha value is -2.64. The first-order chi connectivity index (χ1) is 12.0. The third kappa shape index (κ3) is 2.35. The summed E-state index contributed by atoms with van der Waals surface area (Å²) in [6.07, 6.45) is 1.55. The minimum atomic E-state index is -0.574. The Morgan fingerprint density at radius 3 is 2.96 bits per heavy atom. The van der Waals surface area contributed by atoms with Crippen molar-refractivity contribution in [3.05, 3.63) is 51.3 Å². The second-order valence-corrected chi connectivity index (χ2v) is 6.17. The molecule has 128 valence electrons. The van der Waals surface area contributed by atoms with E-state index in [4.69, 9.17) is 16.3 Å². The van der Waals surface area contributed by atoms with Crippen LogP contribution in [0.4, 0.5) is 4.39 Å². The molecule has 25 heavy (non-hydrogen) atoms. The van der Waals surface area contributed by atoms with Crippen LogP contribution < -0.4 is 5.56 Å². The number of pyridine rings is 1. The smallest absolute Gasteiger partial charge is 0.277 e. The zero-order valence-electron chi connectivity index (χ0n) is 13.5. The molecule has 0 saturated carbocycles. The lowest BCUT2D eigenvalue weighted by molar-refractivity contribution is 0.186. The van der Waals surface area contributed by atoms with E-state index in [0.29, 0.717) is 34.1 Å². The van der Waals surface area contributed by atoms with Gasteiger partial charge in [0.1, 0.15) is 22.0 Å². The highest BCUT2D eigenvalue weighted by atomic mass is 35.5. The number of aryl methyl sites for hydroxylation is 1. The minimum Gasteiger partial charge on any atom is -0.380 e. The van der Waals surface area contributed by atoms with Crippen LogP contribution in [0.25, 0.3) is 33.1 Å². The van der Waals surface area contributed by atoms with Gasteiger partial charge in [0, 0.05) is 42.4 Å². The molecule has 0 aliphatic carbocycles. The summed E-state index contributed by atoms with van der Waals surface area (Å²) in [6, 6.07) is 5.10. The first kappa shape index (κ1) is 15.9. The maximum absolute atomic E-state index is 15.0. The number of ether oxygens (including phenoxy) is 1. The second-order valence-electron chi connectivity index (χ2n) is 5.80. The predicted molar refractivity (Wildman–Crippen MR) is 94.3 cm³/mol. The molecule has 3 aromatic heterocycles. The van der Waals surface area contributed by atoms with Crippen molar-refractivity contribution in [2.45, 2.75) is 6.61 Å². The molecule has 0 aliphatic rings. The normalized spacial score (nSPS) is 11.7. The molecule has 0 atom stereocenters. The van der Waals surface area contributed by atoms with Crippen LogP contribution >= 0.6 is 11.6 Å². The van der Waals surface area contributed by atoms with Crippen molar-refractivity contribution in [3.63, 3.8) is 0 Å². The Morgan fingerprint density at radius 2 is 2.20 bits per heavy atom. The lowest BCUT2D eigenvalue weighted by Crippen LogP contribution is -2.12. The third-order valence-corrected chi connectivity index (χ3v) is 4.58. The number of aromatic amines is 2. The number of aromatic nitrogens is 4. The maximum atomic E-state index is 15.0. The molecule has 0 fully saturated rings. The van der Waals surface area contributed by atoms with E-state index in [2.05, 4.69) is 15.1 Å². The number of hydrogen-bond acceptors (Lipinski definition) is 3. The number of nitrogens with one attached hydrogen (secondary N) is 2. The highest BCUT2D eigenvalue weighted by Crippen LogP contribution is 2.32. The van der Waals surface area contributed by atoms with Crippen LogP contribution in [0.5, 0.6) is 0 Å². The van der Waals surface area contributed by atoms with Crippen LogP contribution in [0.3, 0.4) is 0 Å². The molecule has 0 saturated heterocycles. The van der Waals surface area contributed by atoms with Crippen LogP contribution in [-0.2, 0) is 18.4 Å². The molecule has 8 heteroatoms. The van der Waals surface area contributed by atoms with Crippen molar-refractivity contribution in [1.82, 2.24) is 19.7 Å². The van der Waals surface area contributed by atoms with E-state index in [9.17, 15) is 9.18 Å². The Morgan fingerprint density at radius 1 is 1.40 bits per heavy atom. The summed E-state index contributed by atoms with van der Waals surface area (Å²) >= 11 is 6.18. The van der Waals surface area contributed by atoms with Crippen LogP contribution in [0.1, 0.15) is 5.56 Å². The number of hydrogen-bond donors (Lipinski definition) is 2. The SMILES string of the molecule is COCc1c(Cl)[nH]c2ncc(-c3ccc4[nH]n(C)c(=O)c4c3F)cc12. The Bertz CT molecular complexity index is 1180. The van der Waals surface area contributed by atoms with Gasteiger partial charge in [0.2, 0.25) is 0 Å².